The highest BCUT2D eigenvalue weighted by atomic mass is 79.9. The molecule has 1 saturated carbocycles. The first-order chi connectivity index (χ1) is 61.4. The van der Waals surface area contributed by atoms with Gasteiger partial charge in [0, 0.05) is 133 Å². The first kappa shape index (κ1) is 86.7. The van der Waals surface area contributed by atoms with Gasteiger partial charge in [0.1, 0.15) is 60.7 Å². The highest BCUT2D eigenvalue weighted by molar-refractivity contribution is 9.11. The second kappa shape index (κ2) is 36.6. The van der Waals surface area contributed by atoms with Crippen LogP contribution in [0.2, 0.25) is 45.2 Å². The van der Waals surface area contributed by atoms with E-state index in [4.69, 9.17) is 109 Å². The molecule has 127 heavy (non-hydrogen) atoms. The van der Waals surface area contributed by atoms with Gasteiger partial charge in [-0.15, -0.1) is 51.0 Å². The van der Waals surface area contributed by atoms with Gasteiger partial charge in [0.2, 0.25) is 0 Å². The van der Waals surface area contributed by atoms with Crippen LogP contribution in [0.3, 0.4) is 0 Å². The van der Waals surface area contributed by atoms with Crippen LogP contribution in [0.15, 0.2) is 262 Å². The van der Waals surface area contributed by atoms with Gasteiger partial charge in [-0.1, -0.05) is 173 Å². The number of halogens is 13. The second-order valence-electron chi connectivity index (χ2n) is 29.1. The molecule has 0 unspecified atom stereocenters. The minimum absolute atomic E-state index is 0.498. The molecule has 0 bridgehead atoms. The quantitative estimate of drug-likeness (QED) is 0.111. The van der Waals surface area contributed by atoms with Gasteiger partial charge in [-0.25, -0.2) is 0 Å². The third-order valence-electron chi connectivity index (χ3n) is 21.2. The van der Waals surface area contributed by atoms with Crippen molar-refractivity contribution in [2.24, 2.45) is 0 Å². The van der Waals surface area contributed by atoms with Crippen molar-refractivity contribution in [1.82, 2.24) is 97.9 Å². The third kappa shape index (κ3) is 17.7. The molecule has 25 nitrogen and oxygen atoms in total. The summed E-state index contributed by atoms with van der Waals surface area (Å²) < 4.78 is 12.7. The standard InChI is InChI=1S/C25H19Cl2N5.3C16H10BrCl2N5.C16H11BrClN5/c1-31(24-20-10-8-18(26)12-23(20)32-14-28-30-25(32)29-24)19-9-11-22(27)21(13-19)17-6-4-16(5-7-17)15-2-3-15;1-23(14-6-9(17)2-5-12(14)19)15-11-4-3-10(18)7-13(11)24-8-20-22-16(24)21-15;1-23(10-3-5-13(19)12(17)7-10)15-11-4-2-9(18)6-14(11)24-8-20-22-16(24)21-15;1-23(12-4-2-3-11(17)14(12)19)15-10-6-5-9(18)7-13(10)24-8-20-22-16(24)21-15;1-22(12-4-2-3-10(17)7-12)15-13-6-5-11(18)8-14(13)23-9-19-21-16(23)20-15/h4-15H,2-3H2,1H3;3*2-8H,1H3;2-9H,1H3. The molecule has 1 aliphatic rings. The molecule has 0 aliphatic heterocycles. The molecule has 1 fully saturated rings. The van der Waals surface area contributed by atoms with Crippen LogP contribution in [0.5, 0.6) is 0 Å². The van der Waals surface area contributed by atoms with Crippen molar-refractivity contribution in [2.45, 2.75) is 18.8 Å². The number of rotatable bonds is 12. The summed E-state index contributed by atoms with van der Waals surface area (Å²) in [6, 6.07) is 68.4. The SMILES string of the molecule is CN(c1cc(Br)ccc1Cl)c1nc2nncn2c2cc(Cl)ccc12.CN(c1ccc(Cl)c(-c2ccc(C3CC3)cc2)c1)c1nc2nncn2c2cc(Cl)ccc12.CN(c1ccc(Cl)c(Br)c1)c1nc2nncn2c2cc(Cl)ccc12.CN(c1cccc(Br)c1)c1nc2nncn2c2cc(Cl)ccc12.CN(c1cccc(Br)c1Cl)c1nc2nncn2c2cc(Cl)ccc12. The van der Waals surface area contributed by atoms with Crippen LogP contribution in [0.4, 0.5) is 57.5 Å². The molecule has 38 heteroatoms. The fourth-order valence-electron chi connectivity index (χ4n) is 14.7. The van der Waals surface area contributed by atoms with Gasteiger partial charge in [0.15, 0.2) is 0 Å². The number of hydrogen-bond acceptors (Lipinski definition) is 20. The Hall–Kier alpha value is -11.0. The lowest BCUT2D eigenvalue weighted by atomic mass is 10.0. The number of benzene rings is 11. The summed E-state index contributed by atoms with van der Waals surface area (Å²) in [5.74, 6) is 7.08. The summed E-state index contributed by atoms with van der Waals surface area (Å²) in [6.07, 6.45) is 10.8. The molecule has 1 aliphatic carbocycles. The molecular weight excluding hydrogens is 2060 g/mol. The molecule has 21 aromatic rings. The zero-order valence-electron chi connectivity index (χ0n) is 66.7. The number of fused-ring (bicyclic) bond motifs is 15. The summed E-state index contributed by atoms with van der Waals surface area (Å²) in [5, 5.41) is 50.8. The summed E-state index contributed by atoms with van der Waals surface area (Å²) in [5.41, 5.74) is 12.6. The predicted octanol–water partition coefficient (Wildman–Crippen LogP) is 26.7. The zero-order chi connectivity index (χ0) is 88.3. The molecular formula is C89H60Br4Cl9N25. The van der Waals surface area contributed by atoms with E-state index < -0.39 is 0 Å². The Morgan fingerprint density at radius 1 is 0.299 bits per heavy atom. The van der Waals surface area contributed by atoms with Crippen molar-refractivity contribution in [3.8, 4) is 11.1 Å². The Morgan fingerprint density at radius 2 is 0.646 bits per heavy atom. The van der Waals surface area contributed by atoms with Crippen LogP contribution in [-0.4, -0.2) is 133 Å². The van der Waals surface area contributed by atoms with E-state index in [1.54, 1.807) is 40.4 Å². The monoisotopic (exact) mass is 2110 g/mol. The summed E-state index contributed by atoms with van der Waals surface area (Å²) in [4.78, 5) is 33.3. The van der Waals surface area contributed by atoms with Gasteiger partial charge in [-0.2, -0.15) is 24.9 Å². The van der Waals surface area contributed by atoms with Gasteiger partial charge < -0.3 is 24.5 Å². The van der Waals surface area contributed by atoms with Crippen LogP contribution < -0.4 is 24.5 Å². The molecule has 0 amide bonds. The fourth-order valence-corrected chi connectivity index (χ4v) is 17.8. The van der Waals surface area contributed by atoms with E-state index in [-0.39, 0.29) is 0 Å². The number of hydrogen-bond donors (Lipinski definition) is 0. The summed E-state index contributed by atoms with van der Waals surface area (Å²) in [7, 11) is 9.74. The minimum atomic E-state index is 0.498. The summed E-state index contributed by atoms with van der Waals surface area (Å²) in [6.45, 7) is 0. The van der Waals surface area contributed by atoms with Crippen molar-refractivity contribution < 1.29 is 0 Å². The first-order valence-corrected chi connectivity index (χ1v) is 45.1. The fraction of sp³-hybridized carbons (Fsp3) is 0.0899. The van der Waals surface area contributed by atoms with E-state index >= 15 is 0 Å². The number of nitrogens with zero attached hydrogens (tertiary/aromatic N) is 25. The lowest BCUT2D eigenvalue weighted by Gasteiger charge is -2.22. The van der Waals surface area contributed by atoms with Gasteiger partial charge >= 0.3 is 0 Å². The molecule has 10 aromatic heterocycles. The van der Waals surface area contributed by atoms with Crippen molar-refractivity contribution in [2.75, 3.05) is 59.7 Å². The first-order valence-electron chi connectivity index (χ1n) is 38.5. The molecule has 0 radical (unpaired) electrons. The van der Waals surface area contributed by atoms with Crippen LogP contribution in [0.25, 0.3) is 94.5 Å². The molecule has 632 valence electrons. The smallest absolute Gasteiger partial charge is 0.257 e. The van der Waals surface area contributed by atoms with Crippen molar-refractivity contribution in [1.29, 1.82) is 0 Å². The molecule has 11 aromatic carbocycles. The lowest BCUT2D eigenvalue weighted by Crippen LogP contribution is -2.13. The Kier molecular flexibility index (Phi) is 25.0. The normalized spacial score (nSPS) is 11.9. The third-order valence-corrected chi connectivity index (χ3v) is 26.5. The maximum absolute atomic E-state index is 6.60. The van der Waals surface area contributed by atoms with Gasteiger partial charge in [0.05, 0.1) is 54.0 Å². The largest absolute Gasteiger partial charge is 0.329 e. The van der Waals surface area contributed by atoms with Crippen molar-refractivity contribution >= 4 is 309 Å². The van der Waals surface area contributed by atoms with Crippen LogP contribution in [0, 0.1) is 0 Å². The van der Waals surface area contributed by atoms with E-state index in [1.165, 1.54) is 18.4 Å². The highest BCUT2D eigenvalue weighted by Crippen LogP contribution is 2.45. The van der Waals surface area contributed by atoms with Crippen LogP contribution in [0.1, 0.15) is 24.3 Å². The average molecular weight is 2120 g/mol. The van der Waals surface area contributed by atoms with Gasteiger partial charge in [-0.05, 0) is 238 Å². The Labute approximate surface area is 801 Å². The molecule has 10 heterocycles. The number of anilines is 10. The Bertz CT molecular complexity index is 7730. The number of aromatic nitrogens is 20. The molecule has 0 saturated heterocycles. The molecule has 22 rings (SSSR count). The van der Waals surface area contributed by atoms with E-state index in [0.717, 1.165) is 152 Å². The van der Waals surface area contributed by atoms with E-state index in [1.807, 2.05) is 255 Å². The minimum Gasteiger partial charge on any atom is -0.329 e. The summed E-state index contributed by atoms with van der Waals surface area (Å²) >= 11 is 70.3. The van der Waals surface area contributed by atoms with Crippen LogP contribution in [-0.2, 0) is 0 Å². The second-order valence-corrected chi connectivity index (χ2v) is 36.4. The Morgan fingerprint density at radius 3 is 1.03 bits per heavy atom. The van der Waals surface area contributed by atoms with Crippen molar-refractivity contribution in [3.63, 3.8) is 0 Å². The lowest BCUT2D eigenvalue weighted by molar-refractivity contribution is 1.08. The van der Waals surface area contributed by atoms with E-state index in [0.29, 0.717) is 69.1 Å². The van der Waals surface area contributed by atoms with E-state index in [9.17, 15) is 0 Å². The maximum Gasteiger partial charge on any atom is 0.257 e. The average Bonchev–Trinajstić information content (AvgIpc) is 1.75. The topological polar surface area (TPSA) is 232 Å². The maximum atomic E-state index is 6.60. The zero-order valence-corrected chi connectivity index (χ0v) is 79.8. The Balaban J connectivity index is 0.000000108. The highest BCUT2D eigenvalue weighted by Gasteiger charge is 2.26. The van der Waals surface area contributed by atoms with Gasteiger partial charge in [0.25, 0.3) is 28.9 Å². The molecule has 0 spiro atoms. The predicted molar refractivity (Wildman–Crippen MR) is 527 cm³/mol. The van der Waals surface area contributed by atoms with Gasteiger partial charge in [-0.3, -0.25) is 22.0 Å². The van der Waals surface area contributed by atoms with E-state index in [2.05, 4.69) is 165 Å². The van der Waals surface area contributed by atoms with Crippen LogP contribution >= 0.6 is 168 Å². The molecule has 0 N–H and O–H groups in total. The molecule has 0 atom stereocenters. The van der Waals surface area contributed by atoms with Crippen molar-refractivity contribution in [3.05, 3.63) is 313 Å².